The summed E-state index contributed by atoms with van der Waals surface area (Å²) in [5.41, 5.74) is 5.24. The quantitative estimate of drug-likeness (QED) is 0.248. The molecule has 0 saturated carbocycles. The number of piperazine rings is 1. The highest BCUT2D eigenvalue weighted by Gasteiger charge is 2.31. The highest BCUT2D eigenvalue weighted by molar-refractivity contribution is 6.31. The summed E-state index contributed by atoms with van der Waals surface area (Å²) in [5.74, 6) is 3.78. The standard InChI is InChI=1S/C31H35ClN4O5/c1-5-6-22-29-24(36(33-22)18-20-7-9-26(38-3)27(15-20)39-4)17-28-31(41-19-40-28)30(29)35-13-11-34(12-14-35)23-16-21(32)8-10-25(23)37-2/h7-10,15-17H,5-6,11-14,18-19H2,1-4H3. The zero-order valence-corrected chi connectivity index (χ0v) is 24.7. The van der Waals surface area contributed by atoms with Gasteiger partial charge in [0.25, 0.3) is 0 Å². The number of methoxy groups -OCH3 is 3. The van der Waals surface area contributed by atoms with Gasteiger partial charge in [-0.05, 0) is 42.3 Å². The number of benzene rings is 3. The third kappa shape index (κ3) is 5.03. The number of nitrogens with zero attached hydrogens (tertiary/aromatic N) is 4. The van der Waals surface area contributed by atoms with Gasteiger partial charge in [-0.3, -0.25) is 4.68 Å². The van der Waals surface area contributed by atoms with Crippen molar-refractivity contribution < 1.29 is 23.7 Å². The Bertz CT molecular complexity index is 1560. The largest absolute Gasteiger partial charge is 0.495 e. The maximum Gasteiger partial charge on any atom is 0.231 e. The fourth-order valence-corrected chi connectivity index (χ4v) is 5.98. The van der Waals surface area contributed by atoms with Gasteiger partial charge in [0, 0.05) is 37.3 Å². The molecule has 1 aromatic heterocycles. The third-order valence-corrected chi connectivity index (χ3v) is 8.01. The van der Waals surface area contributed by atoms with Crippen molar-refractivity contribution in [2.75, 3.05) is 64.1 Å². The van der Waals surface area contributed by atoms with Crippen LogP contribution in [0.15, 0.2) is 42.5 Å². The molecule has 6 rings (SSSR count). The number of hydrogen-bond donors (Lipinski definition) is 0. The molecule has 0 unspecified atom stereocenters. The lowest BCUT2D eigenvalue weighted by molar-refractivity contribution is 0.174. The SMILES string of the molecule is CCCc1nn(Cc2ccc(OC)c(OC)c2)c2cc3c(c(N4CCN(c5cc(Cl)ccc5OC)CC4)c12)OCO3. The molecule has 41 heavy (non-hydrogen) atoms. The molecule has 0 aliphatic carbocycles. The number of anilines is 2. The van der Waals surface area contributed by atoms with Crippen LogP contribution in [0, 0.1) is 0 Å². The predicted molar refractivity (Wildman–Crippen MR) is 161 cm³/mol. The van der Waals surface area contributed by atoms with Crippen LogP contribution in [0.2, 0.25) is 5.02 Å². The van der Waals surface area contributed by atoms with Crippen molar-refractivity contribution in [3.8, 4) is 28.7 Å². The molecule has 0 amide bonds. The van der Waals surface area contributed by atoms with E-state index in [9.17, 15) is 0 Å². The van der Waals surface area contributed by atoms with E-state index in [1.165, 1.54) is 0 Å². The smallest absolute Gasteiger partial charge is 0.231 e. The molecular formula is C31H35ClN4O5. The zero-order valence-electron chi connectivity index (χ0n) is 23.9. The van der Waals surface area contributed by atoms with Crippen LogP contribution < -0.4 is 33.5 Å². The van der Waals surface area contributed by atoms with E-state index in [0.717, 1.165) is 89.8 Å². The Balaban J connectivity index is 1.38. The second-order valence-electron chi connectivity index (χ2n) is 10.2. The molecule has 0 spiro atoms. The molecule has 0 bridgehead atoms. The van der Waals surface area contributed by atoms with Gasteiger partial charge < -0.3 is 33.5 Å². The van der Waals surface area contributed by atoms with Gasteiger partial charge in [0.15, 0.2) is 23.0 Å². The van der Waals surface area contributed by atoms with Gasteiger partial charge in [-0.2, -0.15) is 5.10 Å². The number of hydrogen-bond acceptors (Lipinski definition) is 8. The van der Waals surface area contributed by atoms with E-state index in [0.29, 0.717) is 23.1 Å². The van der Waals surface area contributed by atoms with Gasteiger partial charge in [0.05, 0.1) is 55.8 Å². The molecule has 4 aromatic rings. The van der Waals surface area contributed by atoms with Gasteiger partial charge in [-0.25, -0.2) is 0 Å². The van der Waals surface area contributed by atoms with Crippen molar-refractivity contribution in [3.63, 3.8) is 0 Å². The zero-order chi connectivity index (χ0) is 28.5. The summed E-state index contributed by atoms with van der Waals surface area (Å²) in [6, 6.07) is 13.8. The normalized spacial score (nSPS) is 14.6. The van der Waals surface area contributed by atoms with Crippen LogP contribution in [-0.2, 0) is 13.0 Å². The van der Waals surface area contributed by atoms with Crippen LogP contribution in [0.5, 0.6) is 28.7 Å². The number of halogens is 1. The first-order valence-electron chi connectivity index (χ1n) is 13.9. The van der Waals surface area contributed by atoms with Crippen molar-refractivity contribution in [2.24, 2.45) is 0 Å². The Morgan fingerprint density at radius 3 is 2.32 bits per heavy atom. The van der Waals surface area contributed by atoms with Crippen molar-refractivity contribution in [2.45, 2.75) is 26.3 Å². The molecule has 2 aliphatic heterocycles. The lowest BCUT2D eigenvalue weighted by Crippen LogP contribution is -2.46. The van der Waals surface area contributed by atoms with Crippen molar-refractivity contribution >= 4 is 33.9 Å². The Morgan fingerprint density at radius 2 is 1.59 bits per heavy atom. The topological polar surface area (TPSA) is 70.5 Å². The highest BCUT2D eigenvalue weighted by Crippen LogP contribution is 2.48. The first kappa shape index (κ1) is 27.2. The van der Waals surface area contributed by atoms with E-state index in [1.807, 2.05) is 36.4 Å². The number of aryl methyl sites for hydroxylation is 1. The molecule has 0 radical (unpaired) electrons. The Morgan fingerprint density at radius 1 is 0.854 bits per heavy atom. The second-order valence-corrected chi connectivity index (χ2v) is 10.6. The molecule has 3 aromatic carbocycles. The average Bonchev–Trinajstić information content (AvgIpc) is 3.61. The summed E-state index contributed by atoms with van der Waals surface area (Å²) in [7, 11) is 4.99. The molecule has 216 valence electrons. The van der Waals surface area contributed by atoms with Crippen LogP contribution in [0.4, 0.5) is 11.4 Å². The Kier molecular flexibility index (Phi) is 7.62. The van der Waals surface area contributed by atoms with E-state index in [4.69, 9.17) is 40.4 Å². The summed E-state index contributed by atoms with van der Waals surface area (Å²) in [4.78, 5) is 4.73. The van der Waals surface area contributed by atoms with Gasteiger partial charge in [0.2, 0.25) is 6.79 Å². The van der Waals surface area contributed by atoms with Crippen molar-refractivity contribution in [1.82, 2.24) is 9.78 Å². The molecule has 1 fully saturated rings. The Hall–Kier alpha value is -3.98. The summed E-state index contributed by atoms with van der Waals surface area (Å²) < 4.78 is 30.7. The summed E-state index contributed by atoms with van der Waals surface area (Å²) >= 11 is 6.34. The predicted octanol–water partition coefficient (Wildman–Crippen LogP) is 5.77. The fourth-order valence-electron chi connectivity index (χ4n) is 5.82. The van der Waals surface area contributed by atoms with E-state index in [1.54, 1.807) is 21.3 Å². The third-order valence-electron chi connectivity index (χ3n) is 7.77. The van der Waals surface area contributed by atoms with Crippen LogP contribution in [0.3, 0.4) is 0 Å². The van der Waals surface area contributed by atoms with Gasteiger partial charge in [-0.1, -0.05) is 31.0 Å². The number of fused-ring (bicyclic) bond motifs is 2. The van der Waals surface area contributed by atoms with Crippen LogP contribution in [0.1, 0.15) is 24.6 Å². The minimum atomic E-state index is 0.209. The molecule has 1 saturated heterocycles. The number of rotatable bonds is 9. The average molecular weight is 579 g/mol. The Labute approximate surface area is 245 Å². The molecular weight excluding hydrogens is 544 g/mol. The molecule has 0 atom stereocenters. The lowest BCUT2D eigenvalue weighted by Gasteiger charge is -2.38. The van der Waals surface area contributed by atoms with Crippen molar-refractivity contribution in [1.29, 1.82) is 0 Å². The van der Waals surface area contributed by atoms with Gasteiger partial charge in [0.1, 0.15) is 5.75 Å². The maximum absolute atomic E-state index is 6.34. The first-order valence-corrected chi connectivity index (χ1v) is 14.3. The first-order chi connectivity index (χ1) is 20.0. The van der Waals surface area contributed by atoms with Gasteiger partial charge >= 0.3 is 0 Å². The second kappa shape index (κ2) is 11.5. The van der Waals surface area contributed by atoms with E-state index in [2.05, 4.69) is 27.5 Å². The van der Waals surface area contributed by atoms with Crippen LogP contribution in [-0.4, -0.2) is 64.1 Å². The van der Waals surface area contributed by atoms with E-state index >= 15 is 0 Å². The van der Waals surface area contributed by atoms with Gasteiger partial charge in [-0.15, -0.1) is 0 Å². The summed E-state index contributed by atoms with van der Waals surface area (Å²) in [6.45, 7) is 6.21. The highest BCUT2D eigenvalue weighted by atomic mass is 35.5. The number of aromatic nitrogens is 2. The van der Waals surface area contributed by atoms with Crippen molar-refractivity contribution in [3.05, 3.63) is 58.7 Å². The monoisotopic (exact) mass is 578 g/mol. The summed E-state index contributed by atoms with van der Waals surface area (Å²) in [6.07, 6.45) is 1.85. The molecule has 10 heteroatoms. The minimum absolute atomic E-state index is 0.209. The molecule has 2 aliphatic rings. The summed E-state index contributed by atoms with van der Waals surface area (Å²) in [5, 5.41) is 6.96. The molecule has 3 heterocycles. The number of ether oxygens (including phenoxy) is 5. The molecule has 0 N–H and O–H groups in total. The van der Waals surface area contributed by atoms with Crippen LogP contribution in [0.25, 0.3) is 10.9 Å². The maximum atomic E-state index is 6.34. The van der Waals surface area contributed by atoms with Crippen LogP contribution >= 0.6 is 11.6 Å². The minimum Gasteiger partial charge on any atom is -0.495 e. The van der Waals surface area contributed by atoms with E-state index < -0.39 is 0 Å². The van der Waals surface area contributed by atoms with E-state index in [-0.39, 0.29) is 6.79 Å². The lowest BCUT2D eigenvalue weighted by atomic mass is 10.1. The molecule has 9 nitrogen and oxygen atoms in total. The fraction of sp³-hybridized carbons (Fsp3) is 0.387.